The van der Waals surface area contributed by atoms with Gasteiger partial charge in [-0.3, -0.25) is 24.6 Å². The van der Waals surface area contributed by atoms with E-state index in [0.717, 1.165) is 11.3 Å². The van der Waals surface area contributed by atoms with Gasteiger partial charge in [0.1, 0.15) is 17.5 Å². The topological polar surface area (TPSA) is 150 Å². The van der Waals surface area contributed by atoms with E-state index >= 15 is 0 Å². The smallest absolute Gasteiger partial charge is 0.329 e. The molecule has 11 nitrogen and oxygen atoms in total. The third kappa shape index (κ3) is 6.60. The van der Waals surface area contributed by atoms with Gasteiger partial charge in [-0.15, -0.1) is 11.3 Å². The Kier molecular flexibility index (Phi) is 8.25. The molecule has 3 amide bonds. The Hall–Kier alpha value is -4.71. The molecule has 218 valence electrons. The number of fused-ring (bicyclic) bond motifs is 1. The Balaban J connectivity index is 1.13. The third-order valence-corrected chi connectivity index (χ3v) is 8.33. The highest BCUT2D eigenvalue weighted by molar-refractivity contribution is 7.10. The number of likely N-dealkylation sites (tertiary alicyclic amines) is 1. The molecule has 4 N–H and O–H groups in total. The van der Waals surface area contributed by atoms with Gasteiger partial charge in [0.15, 0.2) is 5.84 Å². The van der Waals surface area contributed by atoms with Crippen LogP contribution in [0.5, 0.6) is 11.5 Å². The lowest BCUT2D eigenvalue weighted by molar-refractivity contribution is -0.145. The SMILES string of the molecule is CC(=O)ONC(=N)c1csc(CNC(=O)[C@@H]2C[C@]3(C)C[C@@H]3N2C(=O)CNC(=O)c2ccc(Oc3ccccc3)cc2)c1. The Labute approximate surface area is 246 Å². The van der Waals surface area contributed by atoms with Gasteiger partial charge in [0.25, 0.3) is 5.91 Å². The third-order valence-electron chi connectivity index (χ3n) is 7.40. The quantitative estimate of drug-likeness (QED) is 0.170. The van der Waals surface area contributed by atoms with Crippen molar-refractivity contribution in [3.05, 3.63) is 82.0 Å². The van der Waals surface area contributed by atoms with Gasteiger partial charge >= 0.3 is 5.97 Å². The minimum Gasteiger partial charge on any atom is -0.457 e. The molecule has 5 rings (SSSR count). The highest BCUT2D eigenvalue weighted by Gasteiger charge is 2.64. The number of nitrogens with one attached hydrogen (secondary N) is 4. The zero-order valence-corrected chi connectivity index (χ0v) is 24.0. The van der Waals surface area contributed by atoms with E-state index in [9.17, 15) is 19.2 Å². The van der Waals surface area contributed by atoms with Gasteiger partial charge in [0, 0.05) is 34.3 Å². The van der Waals surface area contributed by atoms with E-state index in [1.165, 1.54) is 18.3 Å². The maximum Gasteiger partial charge on any atom is 0.329 e. The fraction of sp³-hybridized carbons (Fsp3) is 0.300. The monoisotopic (exact) mass is 589 g/mol. The second kappa shape index (κ2) is 12.0. The predicted octanol–water partition coefficient (Wildman–Crippen LogP) is 3.36. The first-order valence-corrected chi connectivity index (χ1v) is 14.3. The molecule has 0 radical (unpaired) electrons. The summed E-state index contributed by atoms with van der Waals surface area (Å²) < 4.78 is 5.76. The number of carbonyl (C=O) groups is 4. The molecular weight excluding hydrogens is 558 g/mol. The van der Waals surface area contributed by atoms with E-state index in [1.807, 2.05) is 30.3 Å². The molecule has 3 atom stereocenters. The molecule has 12 heteroatoms. The summed E-state index contributed by atoms with van der Waals surface area (Å²) in [4.78, 5) is 57.1. The van der Waals surface area contributed by atoms with Crippen molar-refractivity contribution in [1.82, 2.24) is 21.0 Å². The maximum absolute atomic E-state index is 13.2. The number of rotatable bonds is 9. The van der Waals surface area contributed by atoms with E-state index in [1.54, 1.807) is 40.6 Å². The first-order chi connectivity index (χ1) is 20.1. The second-order valence-corrected chi connectivity index (χ2v) is 11.6. The minimum atomic E-state index is -0.629. The van der Waals surface area contributed by atoms with Gasteiger partial charge in [-0.1, -0.05) is 25.1 Å². The summed E-state index contributed by atoms with van der Waals surface area (Å²) in [6.07, 6.45) is 1.38. The number of amides is 3. The van der Waals surface area contributed by atoms with Crippen LogP contribution in [0.2, 0.25) is 0 Å². The highest BCUT2D eigenvalue weighted by atomic mass is 32.1. The molecule has 3 aromatic rings. The summed E-state index contributed by atoms with van der Waals surface area (Å²) in [6, 6.07) is 17.0. The molecule has 0 unspecified atom stereocenters. The van der Waals surface area contributed by atoms with Crippen LogP contribution in [0.1, 0.15) is 47.5 Å². The van der Waals surface area contributed by atoms with Crippen molar-refractivity contribution >= 4 is 40.9 Å². The fourth-order valence-electron chi connectivity index (χ4n) is 5.09. The summed E-state index contributed by atoms with van der Waals surface area (Å²) >= 11 is 1.35. The number of nitrogens with zero attached hydrogens (tertiary/aromatic N) is 1. The summed E-state index contributed by atoms with van der Waals surface area (Å²) in [5.74, 6) is -0.321. The van der Waals surface area contributed by atoms with Crippen LogP contribution in [0.4, 0.5) is 0 Å². The molecule has 1 aromatic heterocycles. The number of hydrogen-bond acceptors (Lipinski definition) is 8. The lowest BCUT2D eigenvalue weighted by atomic mass is 10.0. The first kappa shape index (κ1) is 28.8. The number of hydroxylamine groups is 1. The summed E-state index contributed by atoms with van der Waals surface area (Å²) in [7, 11) is 0. The van der Waals surface area contributed by atoms with Crippen LogP contribution >= 0.6 is 11.3 Å². The van der Waals surface area contributed by atoms with Crippen molar-refractivity contribution in [2.24, 2.45) is 5.41 Å². The molecule has 2 aliphatic rings. The summed E-state index contributed by atoms with van der Waals surface area (Å²) in [6.45, 7) is 3.30. The fourth-order valence-corrected chi connectivity index (χ4v) is 5.90. The van der Waals surface area contributed by atoms with Crippen LogP contribution in [-0.4, -0.2) is 53.1 Å². The van der Waals surface area contributed by atoms with Crippen LogP contribution in [0.3, 0.4) is 0 Å². The number of piperidine rings is 1. The van der Waals surface area contributed by atoms with Gasteiger partial charge in [0.05, 0.1) is 13.1 Å². The molecule has 2 fully saturated rings. The van der Waals surface area contributed by atoms with Crippen molar-refractivity contribution in [3.8, 4) is 11.5 Å². The van der Waals surface area contributed by atoms with E-state index < -0.39 is 17.9 Å². The molecule has 1 aliphatic heterocycles. The zero-order valence-electron chi connectivity index (χ0n) is 23.1. The summed E-state index contributed by atoms with van der Waals surface area (Å²) in [5, 5.41) is 15.2. The Morgan fingerprint density at radius 2 is 1.71 bits per heavy atom. The van der Waals surface area contributed by atoms with Gasteiger partial charge in [-0.05, 0) is 60.7 Å². The zero-order chi connectivity index (χ0) is 29.9. The number of ether oxygens (including phenoxy) is 1. The van der Waals surface area contributed by atoms with Gasteiger partial charge in [0.2, 0.25) is 11.8 Å². The number of amidine groups is 1. The molecule has 1 saturated carbocycles. The number of hydrogen-bond donors (Lipinski definition) is 4. The molecule has 42 heavy (non-hydrogen) atoms. The second-order valence-electron chi connectivity index (χ2n) is 10.6. The molecule has 1 saturated heterocycles. The van der Waals surface area contributed by atoms with Crippen molar-refractivity contribution in [1.29, 1.82) is 5.41 Å². The van der Waals surface area contributed by atoms with Crippen LogP contribution in [0.25, 0.3) is 0 Å². The molecule has 0 spiro atoms. The Morgan fingerprint density at radius 3 is 2.43 bits per heavy atom. The minimum absolute atomic E-state index is 0.0340. The van der Waals surface area contributed by atoms with Gasteiger partial charge in [-0.25, -0.2) is 5.48 Å². The molecule has 0 bridgehead atoms. The van der Waals surface area contributed by atoms with Crippen LogP contribution in [-0.2, 0) is 25.8 Å². The molecular formula is C30H31N5O6S. The van der Waals surface area contributed by atoms with E-state index in [2.05, 4.69) is 27.9 Å². The summed E-state index contributed by atoms with van der Waals surface area (Å²) in [5.41, 5.74) is 3.07. The van der Waals surface area contributed by atoms with E-state index in [4.69, 9.17) is 10.1 Å². The number of carbonyl (C=O) groups excluding carboxylic acids is 4. The molecule has 2 heterocycles. The normalized spacial score (nSPS) is 20.2. The molecule has 2 aromatic carbocycles. The lowest BCUT2D eigenvalue weighted by Crippen LogP contribution is -2.50. The van der Waals surface area contributed by atoms with Crippen molar-refractivity contribution in [3.63, 3.8) is 0 Å². The van der Waals surface area contributed by atoms with Crippen LogP contribution < -0.4 is 20.9 Å². The average Bonchev–Trinajstić information content (AvgIpc) is 3.29. The van der Waals surface area contributed by atoms with E-state index in [-0.39, 0.29) is 42.2 Å². The Bertz CT molecular complexity index is 1510. The molecule has 1 aliphatic carbocycles. The van der Waals surface area contributed by atoms with Crippen molar-refractivity contribution in [2.75, 3.05) is 6.54 Å². The van der Waals surface area contributed by atoms with Crippen LogP contribution in [0, 0.1) is 10.8 Å². The van der Waals surface area contributed by atoms with Gasteiger partial charge in [-0.2, -0.15) is 0 Å². The average molecular weight is 590 g/mol. The largest absolute Gasteiger partial charge is 0.457 e. The lowest BCUT2D eigenvalue weighted by Gasteiger charge is -2.27. The number of thiophene rings is 1. The highest BCUT2D eigenvalue weighted by Crippen LogP contribution is 2.59. The number of para-hydroxylation sites is 1. The predicted molar refractivity (Wildman–Crippen MR) is 155 cm³/mol. The van der Waals surface area contributed by atoms with Crippen molar-refractivity contribution < 1.29 is 28.8 Å². The Morgan fingerprint density at radius 1 is 1.00 bits per heavy atom. The maximum atomic E-state index is 13.2. The van der Waals surface area contributed by atoms with E-state index in [0.29, 0.717) is 29.0 Å². The standard InChI is InChI=1S/C30H31N5O6S/c1-18(36)41-34-27(31)20-12-23(42-17-20)15-32-29(39)24-13-30(2)14-25(30)35(24)26(37)16-33-28(38)19-8-10-22(11-9-19)40-21-6-4-3-5-7-21/h3-12,17,24-25H,13-16H2,1-2H3,(H2,31,34)(H,32,39)(H,33,38)/t24-,25-,30+/m0/s1. The first-order valence-electron chi connectivity index (χ1n) is 13.4. The van der Waals surface area contributed by atoms with Crippen LogP contribution in [0.15, 0.2) is 66.0 Å². The van der Waals surface area contributed by atoms with Gasteiger partial charge < -0.3 is 25.1 Å². The van der Waals surface area contributed by atoms with Crippen molar-refractivity contribution in [2.45, 2.75) is 45.3 Å². The number of benzene rings is 2.